The van der Waals surface area contributed by atoms with Crippen molar-refractivity contribution in [1.82, 2.24) is 5.32 Å². The van der Waals surface area contributed by atoms with Crippen LogP contribution in [-0.2, 0) is 90.5 Å². The van der Waals surface area contributed by atoms with Crippen LogP contribution >= 0.6 is 0 Å². The fourth-order valence-corrected chi connectivity index (χ4v) is 9.64. The van der Waals surface area contributed by atoms with E-state index in [4.69, 9.17) is 61.6 Å². The molecule has 0 aromatic heterocycles. The number of carbonyl (C=O) groups excluding carboxylic acids is 8. The maximum absolute atomic E-state index is 14.3. The summed E-state index contributed by atoms with van der Waals surface area (Å²) in [7, 11) is -2.70. The van der Waals surface area contributed by atoms with Crippen LogP contribution in [-0.4, -0.2) is 186 Å². The number of benzene rings is 5. The summed E-state index contributed by atoms with van der Waals surface area (Å²) < 4.78 is 118. The summed E-state index contributed by atoms with van der Waals surface area (Å²) in [6, 6.07) is 34.3. The van der Waals surface area contributed by atoms with Crippen LogP contribution in [0.5, 0.6) is 0 Å². The van der Waals surface area contributed by atoms with Crippen molar-refractivity contribution < 1.29 is 152 Å². The quantitative estimate of drug-likeness (QED) is 0.0304. The molecule has 3 aliphatic rings. The Kier molecular flexibility index (Phi) is 23.8. The number of aliphatic hydroxyl groups is 1. The molecule has 5 aromatic rings. The zero-order valence-corrected chi connectivity index (χ0v) is 49.7. The van der Waals surface area contributed by atoms with Crippen molar-refractivity contribution in [3.8, 4) is 0 Å². The number of carbonyl (C=O) groups is 8. The van der Waals surface area contributed by atoms with Gasteiger partial charge in [0.2, 0.25) is 16.3 Å². The monoisotopic (exact) mass is 1240 g/mol. The third-order valence-corrected chi connectivity index (χ3v) is 13.8. The molecule has 5 aromatic carbocycles. The van der Waals surface area contributed by atoms with Gasteiger partial charge in [-0.15, -0.1) is 0 Å². The average Bonchev–Trinajstić information content (AvgIpc) is 1.36. The number of aliphatic hydroxyl groups excluding tert-OH is 1. The second kappa shape index (κ2) is 30.9. The maximum atomic E-state index is 14.3. The number of amides is 1. The maximum Gasteiger partial charge on any atom is 1.00 e. The third-order valence-electron chi connectivity index (χ3n) is 13.4. The molecule has 1 amide bonds. The van der Waals surface area contributed by atoms with Gasteiger partial charge in [0.15, 0.2) is 61.6 Å². The Bertz CT molecular complexity index is 3280. The van der Waals surface area contributed by atoms with E-state index in [0.717, 1.165) is 28.3 Å². The first-order valence-corrected chi connectivity index (χ1v) is 27.4. The Hall–Kier alpha value is -7.55. The smallest absolute Gasteiger partial charge is 0.726 e. The van der Waals surface area contributed by atoms with Gasteiger partial charge in [-0.2, -0.15) is 0 Å². The van der Waals surface area contributed by atoms with E-state index < -0.39 is 157 Å². The van der Waals surface area contributed by atoms with Crippen LogP contribution in [0.2, 0.25) is 0 Å². The summed E-state index contributed by atoms with van der Waals surface area (Å²) in [5.74, 6) is -9.17. The van der Waals surface area contributed by atoms with E-state index in [1.807, 2.05) is 0 Å². The Morgan fingerprint density at radius 1 is 0.471 bits per heavy atom. The molecule has 0 unspecified atom stereocenters. The molecule has 3 saturated heterocycles. The Labute approximate surface area is 518 Å². The van der Waals surface area contributed by atoms with Gasteiger partial charge in [-0.05, 0) is 60.7 Å². The van der Waals surface area contributed by atoms with E-state index in [-0.39, 0.29) is 57.4 Å². The van der Waals surface area contributed by atoms with Gasteiger partial charge < -0.3 is 76.6 Å². The van der Waals surface area contributed by atoms with Crippen molar-refractivity contribution in [3.63, 3.8) is 0 Å². The largest absolute Gasteiger partial charge is 1.00 e. The van der Waals surface area contributed by atoms with Crippen molar-refractivity contribution >= 4 is 58.1 Å². The number of methoxy groups -OCH3 is 3. The number of hydrogen-bond acceptors (Lipinski definition) is 26. The standard InChI is InChI=1S/C58H57NO26S.Na/c1-31(60)59-38-40(82-58-48(81-53(66)36-28-18-9-19-29-36)43(78-50(63)33-22-12-6-13-23-33)41(45(85-58)54(67)72-2)77-49(62)32-20-10-5-11-21-32)39(61)37(30-75-86(69,70)71)76-56(38)83-42-44(79-51(64)34-24-14-7-15-25-34)47(57(74-4)84-46(42)55(68)73-3)80-52(65)35-26-16-8-17-27-35;/h5-29,37-48,56-58,61H,30H2,1-4H3,(H,59,60)(H,69,70,71);/q;+1/p-1/t37-,38-,39+,40-,41+,42+,43+,44+,45+,46+,47-,48-,56+,57-,58-;/m1./s1. The van der Waals surface area contributed by atoms with Crippen molar-refractivity contribution in [3.05, 3.63) is 179 Å². The van der Waals surface area contributed by atoms with Gasteiger partial charge in [0.05, 0.1) is 48.6 Å². The molecule has 0 spiro atoms. The molecule has 0 aliphatic carbocycles. The molecule has 3 fully saturated rings. The molecule has 27 nitrogen and oxygen atoms in total. The van der Waals surface area contributed by atoms with Crippen LogP contribution in [0.25, 0.3) is 0 Å². The van der Waals surface area contributed by atoms with Crippen molar-refractivity contribution in [2.24, 2.45) is 0 Å². The second-order valence-corrected chi connectivity index (χ2v) is 20.0. The first kappa shape index (κ1) is 67.0. The molecule has 456 valence electrons. The number of ether oxygens (including phenoxy) is 13. The summed E-state index contributed by atoms with van der Waals surface area (Å²) in [6.45, 7) is -0.416. The zero-order valence-electron chi connectivity index (χ0n) is 46.9. The fourth-order valence-electron chi connectivity index (χ4n) is 9.34. The Balaban J connectivity index is 0.0000108. The molecule has 8 rings (SSSR count). The molecule has 2 N–H and O–H groups in total. The van der Waals surface area contributed by atoms with Gasteiger partial charge in [-0.3, -0.25) is 8.98 Å². The molecule has 3 aliphatic heterocycles. The van der Waals surface area contributed by atoms with Crippen LogP contribution < -0.4 is 34.9 Å². The van der Waals surface area contributed by atoms with E-state index in [9.17, 15) is 56.4 Å². The van der Waals surface area contributed by atoms with E-state index >= 15 is 0 Å². The number of esters is 7. The van der Waals surface area contributed by atoms with E-state index in [1.54, 1.807) is 30.3 Å². The van der Waals surface area contributed by atoms with Crippen molar-refractivity contribution in [2.45, 2.75) is 99.0 Å². The average molecular weight is 1240 g/mol. The third kappa shape index (κ3) is 17.0. The molecule has 0 bridgehead atoms. The molecule has 0 radical (unpaired) electrons. The number of hydrogen-bond donors (Lipinski definition) is 2. The Morgan fingerprint density at radius 3 is 1.17 bits per heavy atom. The van der Waals surface area contributed by atoms with Gasteiger partial charge in [-0.25, -0.2) is 42.0 Å². The van der Waals surface area contributed by atoms with Gasteiger partial charge >= 0.3 is 71.3 Å². The SMILES string of the molecule is COC(=O)[C@H]1O[C@@H](O[C@H]2[C@@H](O)[C@@H](COS(=O)(=O)[O-])O[C@@H](O[C@H]3[C@H](OC(=O)c4ccccc4)[C@@H](OC(=O)c4ccccc4)[C@H](OC)O[C@@H]3C(=O)OC)[C@@H]2NC(C)=O)[C@H](OC(=O)c2ccccc2)[C@@H](OC(=O)c2ccccc2)[C@@H]1OC(=O)c1ccccc1.[Na+]. The predicted octanol–water partition coefficient (Wildman–Crippen LogP) is -0.602. The summed E-state index contributed by atoms with van der Waals surface area (Å²) in [6.07, 6.45) is -30.1. The summed E-state index contributed by atoms with van der Waals surface area (Å²) in [5.41, 5.74) is -0.458. The normalized spacial score (nSPS) is 26.9. The summed E-state index contributed by atoms with van der Waals surface area (Å²) in [5, 5.41) is 14.9. The van der Waals surface area contributed by atoms with Crippen LogP contribution in [0.3, 0.4) is 0 Å². The van der Waals surface area contributed by atoms with Crippen LogP contribution in [0, 0.1) is 0 Å². The van der Waals surface area contributed by atoms with Gasteiger partial charge in [0.25, 0.3) is 0 Å². The molecule has 87 heavy (non-hydrogen) atoms. The summed E-state index contributed by atoms with van der Waals surface area (Å²) >= 11 is 0. The molecular weight excluding hydrogens is 1180 g/mol. The van der Waals surface area contributed by atoms with Crippen LogP contribution in [0.4, 0.5) is 0 Å². The molecule has 15 atom stereocenters. The predicted molar refractivity (Wildman–Crippen MR) is 284 cm³/mol. The van der Waals surface area contributed by atoms with Crippen LogP contribution in [0.1, 0.15) is 58.7 Å². The molecule has 0 saturated carbocycles. The molecule has 29 heteroatoms. The van der Waals surface area contributed by atoms with Crippen LogP contribution in [0.15, 0.2) is 152 Å². The van der Waals surface area contributed by atoms with Gasteiger partial charge in [0.1, 0.15) is 30.5 Å². The number of rotatable bonds is 21. The van der Waals surface area contributed by atoms with Crippen molar-refractivity contribution in [1.29, 1.82) is 0 Å². The topological polar surface area (TPSA) is 355 Å². The first-order valence-electron chi connectivity index (χ1n) is 26.1. The fraction of sp³-hybridized carbons (Fsp3) is 0.345. The minimum Gasteiger partial charge on any atom is -0.726 e. The van der Waals surface area contributed by atoms with E-state index in [0.29, 0.717) is 0 Å². The number of nitrogens with one attached hydrogen (secondary N) is 1. The second-order valence-electron chi connectivity index (χ2n) is 19.0. The van der Waals surface area contributed by atoms with E-state index in [2.05, 4.69) is 9.50 Å². The molecular formula is C58H56NNaO26S. The summed E-state index contributed by atoms with van der Waals surface area (Å²) in [4.78, 5) is 112. The molecule has 3 heterocycles. The van der Waals surface area contributed by atoms with Gasteiger partial charge in [0, 0.05) is 14.0 Å². The zero-order chi connectivity index (χ0) is 61.7. The Morgan fingerprint density at radius 2 is 0.805 bits per heavy atom. The minimum absolute atomic E-state index is 0. The van der Waals surface area contributed by atoms with Gasteiger partial charge in [-0.1, -0.05) is 91.0 Å². The first-order chi connectivity index (χ1) is 41.3. The van der Waals surface area contributed by atoms with E-state index in [1.165, 1.54) is 121 Å². The van der Waals surface area contributed by atoms with Crippen molar-refractivity contribution in [2.75, 3.05) is 27.9 Å². The minimum atomic E-state index is -5.66.